The van der Waals surface area contributed by atoms with Gasteiger partial charge in [-0.1, -0.05) is 42.0 Å². The van der Waals surface area contributed by atoms with Crippen LogP contribution in [0, 0.1) is 19.7 Å². The number of halogens is 1. The number of ether oxygens (including phenoxy) is 2. The largest absolute Gasteiger partial charge is 0.486 e. The summed E-state index contributed by atoms with van der Waals surface area (Å²) in [6, 6.07) is 16.6. The van der Waals surface area contributed by atoms with Gasteiger partial charge in [-0.25, -0.2) is 4.39 Å². The van der Waals surface area contributed by atoms with Crippen molar-refractivity contribution in [2.24, 2.45) is 0 Å². The highest BCUT2D eigenvalue weighted by molar-refractivity contribution is 7.86. The van der Waals surface area contributed by atoms with E-state index in [2.05, 4.69) is 0 Å². The second-order valence-corrected chi connectivity index (χ2v) is 8.78. The van der Waals surface area contributed by atoms with Crippen molar-refractivity contribution in [3.05, 3.63) is 77.6 Å². The van der Waals surface area contributed by atoms with Gasteiger partial charge < -0.3 is 9.47 Å². The Hall–Kier alpha value is -2.90. The van der Waals surface area contributed by atoms with Crippen molar-refractivity contribution in [1.82, 2.24) is 0 Å². The Morgan fingerprint density at radius 2 is 1.77 bits per heavy atom. The van der Waals surface area contributed by atoms with Crippen LogP contribution in [0.1, 0.15) is 11.1 Å². The summed E-state index contributed by atoms with van der Waals surface area (Å²) in [6.07, 6.45) is -0.706. The summed E-state index contributed by atoms with van der Waals surface area (Å²) < 4.78 is 56.5. The second-order valence-electron chi connectivity index (χ2n) is 7.17. The summed E-state index contributed by atoms with van der Waals surface area (Å²) in [7, 11) is -3.94. The fourth-order valence-electron chi connectivity index (χ4n) is 3.28. The zero-order valence-electron chi connectivity index (χ0n) is 16.6. The fourth-order valence-corrected chi connectivity index (χ4v) is 4.21. The molecule has 0 spiro atoms. The Kier molecular flexibility index (Phi) is 5.49. The van der Waals surface area contributed by atoms with Gasteiger partial charge in [-0.05, 0) is 49.2 Å². The van der Waals surface area contributed by atoms with Crippen LogP contribution in [0.2, 0.25) is 0 Å². The highest BCUT2D eigenvalue weighted by Gasteiger charge is 2.29. The molecule has 30 heavy (non-hydrogen) atoms. The van der Waals surface area contributed by atoms with E-state index in [-0.39, 0.29) is 29.4 Å². The SMILES string of the molecule is Cc1ccc(S(=O)(=O)OC[C@H]2COc3ccc(F)c(-c4ccccc4C)c3O2)cc1. The summed E-state index contributed by atoms with van der Waals surface area (Å²) in [4.78, 5) is 0.0665. The molecule has 1 aliphatic heterocycles. The van der Waals surface area contributed by atoms with Crippen molar-refractivity contribution in [3.8, 4) is 22.6 Å². The first-order valence-electron chi connectivity index (χ1n) is 9.49. The highest BCUT2D eigenvalue weighted by Crippen LogP contribution is 2.43. The minimum absolute atomic E-state index is 0.0665. The smallest absolute Gasteiger partial charge is 0.297 e. The maximum Gasteiger partial charge on any atom is 0.297 e. The van der Waals surface area contributed by atoms with Gasteiger partial charge in [0, 0.05) is 0 Å². The molecule has 0 amide bonds. The lowest BCUT2D eigenvalue weighted by Crippen LogP contribution is -2.34. The van der Waals surface area contributed by atoms with Gasteiger partial charge in [-0.3, -0.25) is 4.18 Å². The van der Waals surface area contributed by atoms with Crippen LogP contribution in [-0.2, 0) is 14.3 Å². The Morgan fingerprint density at radius 1 is 1.03 bits per heavy atom. The molecule has 3 aromatic rings. The average Bonchev–Trinajstić information content (AvgIpc) is 2.73. The van der Waals surface area contributed by atoms with Crippen LogP contribution in [-0.4, -0.2) is 27.7 Å². The van der Waals surface area contributed by atoms with Gasteiger partial charge in [-0.2, -0.15) is 8.42 Å². The van der Waals surface area contributed by atoms with Crippen molar-refractivity contribution in [2.45, 2.75) is 24.8 Å². The van der Waals surface area contributed by atoms with E-state index in [0.717, 1.165) is 11.1 Å². The van der Waals surface area contributed by atoms with E-state index in [1.54, 1.807) is 18.2 Å². The molecule has 0 N–H and O–H groups in total. The molecule has 0 aromatic heterocycles. The number of rotatable bonds is 5. The van der Waals surface area contributed by atoms with E-state index in [0.29, 0.717) is 11.3 Å². The first-order valence-corrected chi connectivity index (χ1v) is 10.9. The van der Waals surface area contributed by atoms with E-state index in [1.165, 1.54) is 24.3 Å². The maximum atomic E-state index is 14.7. The van der Waals surface area contributed by atoms with Crippen molar-refractivity contribution in [1.29, 1.82) is 0 Å². The molecular formula is C23H21FO5S. The molecule has 1 aliphatic rings. The molecule has 4 rings (SSSR count). The molecular weight excluding hydrogens is 407 g/mol. The zero-order chi connectivity index (χ0) is 21.3. The standard InChI is InChI=1S/C23H21FO5S/c1-15-7-9-18(10-8-15)30(25,26)28-14-17-13-27-21-12-11-20(24)22(23(21)29-17)19-6-4-3-5-16(19)2/h3-12,17H,13-14H2,1-2H3/t17-/m1/s1. The van der Waals surface area contributed by atoms with Crippen LogP contribution < -0.4 is 9.47 Å². The number of hydrogen-bond acceptors (Lipinski definition) is 5. The summed E-state index contributed by atoms with van der Waals surface area (Å²) in [5.74, 6) is 0.213. The van der Waals surface area contributed by atoms with Crippen molar-refractivity contribution < 1.29 is 26.5 Å². The molecule has 0 bridgehead atoms. The number of fused-ring (bicyclic) bond motifs is 1. The third kappa shape index (κ3) is 4.04. The number of hydrogen-bond donors (Lipinski definition) is 0. The van der Waals surface area contributed by atoms with Crippen LogP contribution in [0.4, 0.5) is 4.39 Å². The molecule has 0 radical (unpaired) electrons. The maximum absolute atomic E-state index is 14.7. The molecule has 0 saturated carbocycles. The topological polar surface area (TPSA) is 61.8 Å². The molecule has 0 saturated heterocycles. The van der Waals surface area contributed by atoms with E-state index in [4.69, 9.17) is 13.7 Å². The van der Waals surface area contributed by atoms with Crippen LogP contribution in [0.25, 0.3) is 11.1 Å². The third-order valence-electron chi connectivity index (χ3n) is 4.91. The van der Waals surface area contributed by atoms with Crippen LogP contribution in [0.3, 0.4) is 0 Å². The highest BCUT2D eigenvalue weighted by atomic mass is 32.2. The Morgan fingerprint density at radius 3 is 2.50 bits per heavy atom. The molecule has 1 atom stereocenters. The lowest BCUT2D eigenvalue weighted by Gasteiger charge is -2.28. The minimum Gasteiger partial charge on any atom is -0.486 e. The third-order valence-corrected chi connectivity index (χ3v) is 6.21. The average molecular weight is 428 g/mol. The van der Waals surface area contributed by atoms with E-state index >= 15 is 0 Å². The minimum atomic E-state index is -3.94. The van der Waals surface area contributed by atoms with Gasteiger partial charge in [0.05, 0.1) is 10.5 Å². The Balaban J connectivity index is 1.57. The Labute approximate surface area is 175 Å². The van der Waals surface area contributed by atoms with Crippen molar-refractivity contribution >= 4 is 10.1 Å². The van der Waals surface area contributed by atoms with E-state index < -0.39 is 22.0 Å². The molecule has 0 fully saturated rings. The van der Waals surface area contributed by atoms with Gasteiger partial charge >= 0.3 is 0 Å². The van der Waals surface area contributed by atoms with Crippen molar-refractivity contribution in [3.63, 3.8) is 0 Å². The molecule has 0 unspecified atom stereocenters. The lowest BCUT2D eigenvalue weighted by molar-refractivity contribution is 0.0557. The van der Waals surface area contributed by atoms with Crippen LogP contribution in [0.5, 0.6) is 11.5 Å². The molecule has 1 heterocycles. The normalized spacial score (nSPS) is 15.8. The molecule has 3 aromatic carbocycles. The number of aryl methyl sites for hydroxylation is 2. The molecule has 5 nitrogen and oxygen atoms in total. The lowest BCUT2D eigenvalue weighted by atomic mass is 9.98. The number of benzene rings is 3. The first-order chi connectivity index (χ1) is 14.3. The van der Waals surface area contributed by atoms with Gasteiger partial charge in [0.2, 0.25) is 0 Å². The van der Waals surface area contributed by atoms with Gasteiger partial charge in [0.1, 0.15) is 19.0 Å². The summed E-state index contributed by atoms with van der Waals surface area (Å²) in [6.45, 7) is 3.59. The van der Waals surface area contributed by atoms with Gasteiger partial charge in [-0.15, -0.1) is 0 Å². The zero-order valence-corrected chi connectivity index (χ0v) is 17.4. The first kappa shape index (κ1) is 20.4. The monoisotopic (exact) mass is 428 g/mol. The van der Waals surface area contributed by atoms with Gasteiger partial charge in [0.15, 0.2) is 17.6 Å². The predicted octanol–water partition coefficient (Wildman–Crippen LogP) is 4.65. The van der Waals surface area contributed by atoms with Gasteiger partial charge in [0.25, 0.3) is 10.1 Å². The molecule has 7 heteroatoms. The summed E-state index contributed by atoms with van der Waals surface area (Å²) in [5, 5.41) is 0. The summed E-state index contributed by atoms with van der Waals surface area (Å²) in [5.41, 5.74) is 2.80. The van der Waals surface area contributed by atoms with Crippen LogP contribution >= 0.6 is 0 Å². The van der Waals surface area contributed by atoms with E-state index in [1.807, 2.05) is 32.0 Å². The fraction of sp³-hybridized carbons (Fsp3) is 0.217. The molecule has 156 valence electrons. The second kappa shape index (κ2) is 8.08. The quantitative estimate of drug-likeness (QED) is 0.554. The van der Waals surface area contributed by atoms with Crippen molar-refractivity contribution in [2.75, 3.05) is 13.2 Å². The van der Waals surface area contributed by atoms with Crippen LogP contribution in [0.15, 0.2) is 65.6 Å². The van der Waals surface area contributed by atoms with E-state index in [9.17, 15) is 12.8 Å². The molecule has 0 aliphatic carbocycles. The summed E-state index contributed by atoms with van der Waals surface area (Å²) >= 11 is 0. The Bertz CT molecular complexity index is 1170. The predicted molar refractivity (Wildman–Crippen MR) is 111 cm³/mol.